The third kappa shape index (κ3) is 4.12. The molecule has 0 aromatic heterocycles. The van der Waals surface area contributed by atoms with E-state index in [1.54, 1.807) is 0 Å². The molecule has 3 unspecified atom stereocenters. The van der Waals surface area contributed by atoms with Crippen LogP contribution < -0.4 is 5.32 Å². The second kappa shape index (κ2) is 6.49. The lowest BCUT2D eigenvalue weighted by Gasteiger charge is -2.25. The van der Waals surface area contributed by atoms with Crippen molar-refractivity contribution in [2.45, 2.75) is 58.6 Å². The van der Waals surface area contributed by atoms with E-state index in [0.717, 1.165) is 18.4 Å². The molecule has 1 aliphatic rings. The molecule has 2 heteroatoms. The normalized spacial score (nSPS) is 28.6. The molecule has 0 radical (unpaired) electrons. The van der Waals surface area contributed by atoms with Crippen LogP contribution in [0.4, 0.5) is 0 Å². The van der Waals surface area contributed by atoms with Crippen LogP contribution >= 0.6 is 0 Å². The van der Waals surface area contributed by atoms with E-state index in [0.29, 0.717) is 12.1 Å². The molecule has 15 heavy (non-hydrogen) atoms. The molecule has 0 amide bonds. The lowest BCUT2D eigenvalue weighted by molar-refractivity contribution is 0.0948. The van der Waals surface area contributed by atoms with Gasteiger partial charge in [-0.15, -0.1) is 0 Å². The smallest absolute Gasteiger partial charge is 0.0590 e. The van der Waals surface area contributed by atoms with Gasteiger partial charge in [-0.1, -0.05) is 26.7 Å². The van der Waals surface area contributed by atoms with Crippen molar-refractivity contribution < 1.29 is 4.74 Å². The van der Waals surface area contributed by atoms with Gasteiger partial charge in [0.25, 0.3) is 0 Å². The summed E-state index contributed by atoms with van der Waals surface area (Å²) in [5, 5.41) is 3.47. The predicted octanol–water partition coefficient (Wildman–Crippen LogP) is 2.83. The number of nitrogens with one attached hydrogen (secondary N) is 1. The third-order valence-corrected chi connectivity index (χ3v) is 3.62. The lowest BCUT2D eigenvalue weighted by atomic mass is 9.89. The minimum Gasteiger partial charge on any atom is -0.378 e. The summed E-state index contributed by atoms with van der Waals surface area (Å²) in [7, 11) is 2.09. The van der Waals surface area contributed by atoms with E-state index in [2.05, 4.69) is 33.1 Å². The fraction of sp³-hybridized carbons (Fsp3) is 1.00. The first-order valence-electron chi connectivity index (χ1n) is 6.44. The van der Waals surface area contributed by atoms with Crippen molar-refractivity contribution in [1.29, 1.82) is 0 Å². The van der Waals surface area contributed by atoms with Crippen LogP contribution in [0.15, 0.2) is 0 Å². The molecule has 1 fully saturated rings. The second-order valence-corrected chi connectivity index (χ2v) is 5.25. The molecule has 0 saturated carbocycles. The average molecular weight is 213 g/mol. The predicted molar refractivity (Wildman–Crippen MR) is 65.1 cm³/mol. The standard InChI is InChI=1S/C13H27NO/c1-10(2)6-5-7-13(14-4)12-8-9-15-11(12)3/h10-14H,5-9H2,1-4H3. The first-order chi connectivity index (χ1) is 7.15. The minimum atomic E-state index is 0.446. The van der Waals surface area contributed by atoms with Gasteiger partial charge in [-0.3, -0.25) is 0 Å². The summed E-state index contributed by atoms with van der Waals surface area (Å²) in [6, 6.07) is 0.654. The summed E-state index contributed by atoms with van der Waals surface area (Å²) in [6.45, 7) is 7.77. The van der Waals surface area contributed by atoms with E-state index < -0.39 is 0 Å². The van der Waals surface area contributed by atoms with Crippen molar-refractivity contribution in [2.24, 2.45) is 11.8 Å². The van der Waals surface area contributed by atoms with Gasteiger partial charge in [0.2, 0.25) is 0 Å². The molecule has 1 saturated heterocycles. The van der Waals surface area contributed by atoms with E-state index in [1.165, 1.54) is 25.7 Å². The first-order valence-corrected chi connectivity index (χ1v) is 6.44. The van der Waals surface area contributed by atoms with Crippen LogP contribution in [0.25, 0.3) is 0 Å². The molecule has 2 nitrogen and oxygen atoms in total. The summed E-state index contributed by atoms with van der Waals surface area (Å²) >= 11 is 0. The molecular formula is C13H27NO. The molecule has 0 aromatic carbocycles. The van der Waals surface area contributed by atoms with Gasteiger partial charge in [0, 0.05) is 18.6 Å². The Balaban J connectivity index is 2.28. The topological polar surface area (TPSA) is 21.3 Å². The third-order valence-electron chi connectivity index (χ3n) is 3.62. The van der Waals surface area contributed by atoms with Crippen molar-refractivity contribution >= 4 is 0 Å². The van der Waals surface area contributed by atoms with Crippen LogP contribution in [-0.2, 0) is 4.74 Å². The van der Waals surface area contributed by atoms with Gasteiger partial charge < -0.3 is 10.1 Å². The molecule has 1 aliphatic heterocycles. The van der Waals surface area contributed by atoms with Crippen LogP contribution in [0.2, 0.25) is 0 Å². The highest BCUT2D eigenvalue weighted by molar-refractivity contribution is 4.83. The second-order valence-electron chi connectivity index (χ2n) is 5.25. The molecule has 1 heterocycles. The Morgan fingerprint density at radius 1 is 1.33 bits per heavy atom. The van der Waals surface area contributed by atoms with Gasteiger partial charge in [0.15, 0.2) is 0 Å². The van der Waals surface area contributed by atoms with Crippen LogP contribution in [0, 0.1) is 11.8 Å². The van der Waals surface area contributed by atoms with Gasteiger partial charge in [-0.2, -0.15) is 0 Å². The van der Waals surface area contributed by atoms with Gasteiger partial charge in [0.05, 0.1) is 6.10 Å². The molecule has 3 atom stereocenters. The zero-order chi connectivity index (χ0) is 11.3. The highest BCUT2D eigenvalue weighted by Crippen LogP contribution is 2.26. The fourth-order valence-electron chi connectivity index (χ4n) is 2.60. The molecule has 0 spiro atoms. The van der Waals surface area contributed by atoms with E-state index in [-0.39, 0.29) is 0 Å². The Hall–Kier alpha value is -0.0800. The Bertz CT molecular complexity index is 170. The van der Waals surface area contributed by atoms with Crippen molar-refractivity contribution in [2.75, 3.05) is 13.7 Å². The lowest BCUT2D eigenvalue weighted by Crippen LogP contribution is -2.37. The Kier molecular flexibility index (Phi) is 5.62. The molecule has 90 valence electrons. The number of hydrogen-bond donors (Lipinski definition) is 1. The SMILES string of the molecule is CNC(CCCC(C)C)C1CCOC1C. The van der Waals surface area contributed by atoms with E-state index in [1.807, 2.05) is 0 Å². The molecule has 0 aliphatic carbocycles. The fourth-order valence-corrected chi connectivity index (χ4v) is 2.60. The largest absolute Gasteiger partial charge is 0.378 e. The van der Waals surface area contributed by atoms with Crippen molar-refractivity contribution in [3.63, 3.8) is 0 Å². The van der Waals surface area contributed by atoms with Gasteiger partial charge >= 0.3 is 0 Å². The van der Waals surface area contributed by atoms with Gasteiger partial charge in [-0.25, -0.2) is 0 Å². The highest BCUT2D eigenvalue weighted by Gasteiger charge is 2.30. The summed E-state index contributed by atoms with van der Waals surface area (Å²) in [5.74, 6) is 1.56. The van der Waals surface area contributed by atoms with Crippen LogP contribution in [0.1, 0.15) is 46.5 Å². The summed E-state index contributed by atoms with van der Waals surface area (Å²) in [6.07, 6.45) is 5.66. The van der Waals surface area contributed by atoms with Crippen LogP contribution in [-0.4, -0.2) is 25.8 Å². The zero-order valence-electron chi connectivity index (χ0n) is 10.8. The molecule has 1 rings (SSSR count). The maximum Gasteiger partial charge on any atom is 0.0590 e. The summed E-state index contributed by atoms with van der Waals surface area (Å²) in [5.41, 5.74) is 0. The summed E-state index contributed by atoms with van der Waals surface area (Å²) < 4.78 is 5.64. The number of hydrogen-bond acceptors (Lipinski definition) is 2. The number of ether oxygens (including phenoxy) is 1. The summed E-state index contributed by atoms with van der Waals surface area (Å²) in [4.78, 5) is 0. The maximum absolute atomic E-state index is 5.64. The Morgan fingerprint density at radius 3 is 2.53 bits per heavy atom. The van der Waals surface area contributed by atoms with Crippen LogP contribution in [0.5, 0.6) is 0 Å². The Labute approximate surface area is 94.8 Å². The molecule has 0 aromatic rings. The Morgan fingerprint density at radius 2 is 2.07 bits per heavy atom. The van der Waals surface area contributed by atoms with E-state index in [9.17, 15) is 0 Å². The van der Waals surface area contributed by atoms with Crippen molar-refractivity contribution in [1.82, 2.24) is 5.32 Å². The molecule has 1 N–H and O–H groups in total. The highest BCUT2D eigenvalue weighted by atomic mass is 16.5. The van der Waals surface area contributed by atoms with Crippen LogP contribution in [0.3, 0.4) is 0 Å². The molecule has 0 bridgehead atoms. The molecular weight excluding hydrogens is 186 g/mol. The van der Waals surface area contributed by atoms with Crippen molar-refractivity contribution in [3.8, 4) is 0 Å². The number of rotatable bonds is 6. The minimum absolute atomic E-state index is 0.446. The maximum atomic E-state index is 5.64. The average Bonchev–Trinajstić information content (AvgIpc) is 2.59. The zero-order valence-corrected chi connectivity index (χ0v) is 10.8. The first kappa shape index (κ1) is 13.0. The monoisotopic (exact) mass is 213 g/mol. The van der Waals surface area contributed by atoms with Gasteiger partial charge in [-0.05, 0) is 32.7 Å². The van der Waals surface area contributed by atoms with E-state index >= 15 is 0 Å². The van der Waals surface area contributed by atoms with Crippen molar-refractivity contribution in [3.05, 3.63) is 0 Å². The van der Waals surface area contributed by atoms with Gasteiger partial charge in [0.1, 0.15) is 0 Å². The quantitative estimate of drug-likeness (QED) is 0.732. The van der Waals surface area contributed by atoms with E-state index in [4.69, 9.17) is 4.74 Å².